The number of carbonyl (C=O) groups is 1. The molecule has 3 N–H and O–H groups in total. The fourth-order valence-corrected chi connectivity index (χ4v) is 1.59. The van der Waals surface area contributed by atoms with Crippen LogP contribution < -0.4 is 11.1 Å². The van der Waals surface area contributed by atoms with Crippen LogP contribution in [-0.2, 0) is 4.74 Å². The van der Waals surface area contributed by atoms with Gasteiger partial charge in [-0.25, -0.2) is 4.79 Å². The first-order chi connectivity index (χ1) is 7.50. The third kappa shape index (κ3) is 3.94. The topological polar surface area (TPSA) is 67.6 Å². The highest BCUT2D eigenvalue weighted by Crippen LogP contribution is 2.05. The van der Waals surface area contributed by atoms with Gasteiger partial charge in [0.2, 0.25) is 0 Å². The second kappa shape index (κ2) is 6.00. The summed E-state index contributed by atoms with van der Waals surface area (Å²) in [7, 11) is 1.74. The number of nitrogens with one attached hydrogen (secondary N) is 1. The Morgan fingerprint density at radius 2 is 2.44 bits per heavy atom. The van der Waals surface area contributed by atoms with Gasteiger partial charge in [0.25, 0.3) is 0 Å². The van der Waals surface area contributed by atoms with E-state index < -0.39 is 0 Å². The van der Waals surface area contributed by atoms with Crippen LogP contribution in [0.5, 0.6) is 0 Å². The standard InChI is InChI=1S/C10H19N3O2S/c1-7(9(11)16)5-13(2)10(14)12-8-3-4-15-6-8/h7-8H,3-6H2,1-2H3,(H2,11,16)(H,12,14). The van der Waals surface area contributed by atoms with Gasteiger partial charge in [0.05, 0.1) is 17.6 Å². The Kier molecular flexibility index (Phi) is 4.95. The molecule has 1 rings (SSSR count). The van der Waals surface area contributed by atoms with E-state index in [9.17, 15) is 4.79 Å². The zero-order valence-corrected chi connectivity index (χ0v) is 10.5. The van der Waals surface area contributed by atoms with Crippen LogP contribution in [0.4, 0.5) is 4.79 Å². The van der Waals surface area contributed by atoms with E-state index in [1.807, 2.05) is 6.92 Å². The van der Waals surface area contributed by atoms with Crippen LogP contribution in [-0.4, -0.2) is 48.8 Å². The molecule has 5 nitrogen and oxygen atoms in total. The second-order valence-corrected chi connectivity index (χ2v) is 4.67. The van der Waals surface area contributed by atoms with Crippen molar-refractivity contribution in [2.24, 2.45) is 11.7 Å². The Hall–Kier alpha value is -0.880. The monoisotopic (exact) mass is 245 g/mol. The lowest BCUT2D eigenvalue weighted by molar-refractivity contribution is 0.181. The molecule has 0 aromatic carbocycles. The highest BCUT2D eigenvalue weighted by atomic mass is 32.1. The fourth-order valence-electron chi connectivity index (χ4n) is 1.52. The largest absolute Gasteiger partial charge is 0.393 e. The maximum absolute atomic E-state index is 11.7. The van der Waals surface area contributed by atoms with E-state index in [2.05, 4.69) is 5.32 Å². The summed E-state index contributed by atoms with van der Waals surface area (Å²) in [6.45, 7) is 3.77. The number of rotatable bonds is 4. The lowest BCUT2D eigenvalue weighted by atomic mass is 10.2. The second-order valence-electron chi connectivity index (χ2n) is 4.19. The van der Waals surface area contributed by atoms with Crippen LogP contribution in [0.15, 0.2) is 0 Å². The summed E-state index contributed by atoms with van der Waals surface area (Å²) in [5.74, 6) is 0.0329. The minimum absolute atomic E-state index is 0.0329. The number of urea groups is 1. The number of thiocarbonyl (C=S) groups is 1. The van der Waals surface area contributed by atoms with Gasteiger partial charge in [-0.3, -0.25) is 0 Å². The van der Waals surface area contributed by atoms with Crippen molar-refractivity contribution in [2.75, 3.05) is 26.8 Å². The summed E-state index contributed by atoms with van der Waals surface area (Å²) in [5, 5.41) is 2.90. The molecule has 2 amide bonds. The Morgan fingerprint density at radius 3 is 2.94 bits per heavy atom. The van der Waals surface area contributed by atoms with Crippen molar-refractivity contribution in [1.82, 2.24) is 10.2 Å². The van der Waals surface area contributed by atoms with E-state index in [1.54, 1.807) is 11.9 Å². The summed E-state index contributed by atoms with van der Waals surface area (Å²) in [6, 6.07) is 0.0358. The molecule has 1 saturated heterocycles. The van der Waals surface area contributed by atoms with Crippen molar-refractivity contribution >= 4 is 23.2 Å². The van der Waals surface area contributed by atoms with Crippen molar-refractivity contribution in [3.8, 4) is 0 Å². The molecule has 16 heavy (non-hydrogen) atoms. The van der Waals surface area contributed by atoms with Gasteiger partial charge < -0.3 is 20.7 Å². The molecule has 0 spiro atoms. The highest BCUT2D eigenvalue weighted by molar-refractivity contribution is 7.80. The van der Waals surface area contributed by atoms with Crippen molar-refractivity contribution in [2.45, 2.75) is 19.4 Å². The van der Waals surface area contributed by atoms with E-state index in [0.717, 1.165) is 13.0 Å². The zero-order valence-electron chi connectivity index (χ0n) is 9.73. The van der Waals surface area contributed by atoms with Crippen LogP contribution in [0.2, 0.25) is 0 Å². The molecule has 0 aromatic heterocycles. The van der Waals surface area contributed by atoms with Crippen LogP contribution in [0, 0.1) is 5.92 Å². The average molecular weight is 245 g/mol. The third-order valence-corrected chi connectivity index (χ3v) is 3.04. The number of amides is 2. The molecular formula is C10H19N3O2S. The average Bonchev–Trinajstić information content (AvgIpc) is 2.69. The number of nitrogens with zero attached hydrogens (tertiary/aromatic N) is 1. The minimum Gasteiger partial charge on any atom is -0.393 e. The number of hydrogen-bond acceptors (Lipinski definition) is 3. The number of ether oxygens (including phenoxy) is 1. The molecule has 2 unspecified atom stereocenters. The maximum atomic E-state index is 11.7. The molecule has 2 atom stereocenters. The first-order valence-electron chi connectivity index (χ1n) is 5.39. The Labute approximate surface area is 101 Å². The summed E-state index contributed by atoms with van der Waals surface area (Å²) >= 11 is 4.87. The molecule has 1 heterocycles. The van der Waals surface area contributed by atoms with Gasteiger partial charge in [0.15, 0.2) is 0 Å². The van der Waals surface area contributed by atoms with Gasteiger partial charge in [0.1, 0.15) is 0 Å². The number of nitrogens with two attached hydrogens (primary N) is 1. The summed E-state index contributed by atoms with van der Waals surface area (Å²) in [4.78, 5) is 13.8. The van der Waals surface area contributed by atoms with Crippen LogP contribution in [0.1, 0.15) is 13.3 Å². The molecule has 0 bridgehead atoms. The molecule has 1 aliphatic rings. The quantitative estimate of drug-likeness (QED) is 0.701. The predicted octanol–water partition coefficient (Wildman–Crippen LogP) is 0.339. The van der Waals surface area contributed by atoms with E-state index in [4.69, 9.17) is 22.7 Å². The van der Waals surface area contributed by atoms with Crippen LogP contribution >= 0.6 is 12.2 Å². The van der Waals surface area contributed by atoms with E-state index in [-0.39, 0.29) is 18.0 Å². The summed E-state index contributed by atoms with van der Waals surface area (Å²) in [6.07, 6.45) is 0.879. The number of hydrogen-bond donors (Lipinski definition) is 2. The fraction of sp³-hybridized carbons (Fsp3) is 0.800. The molecule has 1 fully saturated rings. The normalized spacial score (nSPS) is 21.5. The Morgan fingerprint density at radius 1 is 1.75 bits per heavy atom. The van der Waals surface area contributed by atoms with E-state index in [0.29, 0.717) is 18.1 Å². The molecule has 0 saturated carbocycles. The van der Waals surface area contributed by atoms with Gasteiger partial charge in [-0.05, 0) is 6.42 Å². The minimum atomic E-state index is -0.0985. The molecular weight excluding hydrogens is 226 g/mol. The van der Waals surface area contributed by atoms with E-state index in [1.165, 1.54) is 0 Å². The lowest BCUT2D eigenvalue weighted by Gasteiger charge is -2.23. The molecule has 0 aliphatic carbocycles. The molecule has 0 radical (unpaired) electrons. The first-order valence-corrected chi connectivity index (χ1v) is 5.80. The highest BCUT2D eigenvalue weighted by Gasteiger charge is 2.20. The maximum Gasteiger partial charge on any atom is 0.317 e. The van der Waals surface area contributed by atoms with Crippen molar-refractivity contribution in [1.29, 1.82) is 0 Å². The molecule has 0 aromatic rings. The van der Waals surface area contributed by atoms with Crippen molar-refractivity contribution in [3.05, 3.63) is 0 Å². The number of carbonyl (C=O) groups excluding carboxylic acids is 1. The van der Waals surface area contributed by atoms with Crippen LogP contribution in [0.25, 0.3) is 0 Å². The van der Waals surface area contributed by atoms with Gasteiger partial charge in [-0.1, -0.05) is 19.1 Å². The summed E-state index contributed by atoms with van der Waals surface area (Å²) < 4.78 is 5.18. The van der Waals surface area contributed by atoms with Crippen molar-refractivity contribution < 1.29 is 9.53 Å². The van der Waals surface area contributed by atoms with E-state index >= 15 is 0 Å². The smallest absolute Gasteiger partial charge is 0.317 e. The van der Waals surface area contributed by atoms with Gasteiger partial charge in [0, 0.05) is 26.1 Å². The Balaban J connectivity index is 2.32. The van der Waals surface area contributed by atoms with Crippen molar-refractivity contribution in [3.63, 3.8) is 0 Å². The Bertz CT molecular complexity index is 267. The summed E-state index contributed by atoms with van der Waals surface area (Å²) in [5.41, 5.74) is 5.50. The lowest BCUT2D eigenvalue weighted by Crippen LogP contribution is -2.45. The SMILES string of the molecule is CC(CN(C)C(=O)NC1CCOC1)C(N)=S. The van der Waals surface area contributed by atoms with Gasteiger partial charge >= 0.3 is 6.03 Å². The molecule has 92 valence electrons. The first kappa shape index (κ1) is 13.2. The van der Waals surface area contributed by atoms with Gasteiger partial charge in [-0.15, -0.1) is 0 Å². The third-order valence-electron chi connectivity index (χ3n) is 2.64. The molecule has 1 aliphatic heterocycles. The molecule has 6 heteroatoms. The predicted molar refractivity (Wildman–Crippen MR) is 66.3 cm³/mol. The van der Waals surface area contributed by atoms with Gasteiger partial charge in [-0.2, -0.15) is 0 Å². The van der Waals surface area contributed by atoms with Crippen LogP contribution in [0.3, 0.4) is 0 Å². The zero-order chi connectivity index (χ0) is 12.1.